The first-order chi connectivity index (χ1) is 10.9. The van der Waals surface area contributed by atoms with Crippen LogP contribution in [0.15, 0.2) is 40.8 Å². The molecule has 0 saturated heterocycles. The van der Waals surface area contributed by atoms with Gasteiger partial charge in [0.25, 0.3) is 5.56 Å². The fourth-order valence-corrected chi connectivity index (χ4v) is 4.21. The lowest BCUT2D eigenvalue weighted by Crippen LogP contribution is -2.25. The largest absolute Gasteiger partial charge is 0.298 e. The summed E-state index contributed by atoms with van der Waals surface area (Å²) >= 11 is 1.42. The Balaban J connectivity index is 1.77. The van der Waals surface area contributed by atoms with Crippen LogP contribution in [0.4, 0.5) is 0 Å². The fraction of sp³-hybridized carbons (Fsp3) is 0.267. The van der Waals surface area contributed by atoms with Gasteiger partial charge in [-0.25, -0.2) is 18.4 Å². The third-order valence-electron chi connectivity index (χ3n) is 3.41. The topological polar surface area (TPSA) is 81.9 Å². The molecule has 0 fully saturated rings. The summed E-state index contributed by atoms with van der Waals surface area (Å²) in [5, 5.41) is 3.07. The maximum atomic E-state index is 12.3. The van der Waals surface area contributed by atoms with Crippen LogP contribution in [0.1, 0.15) is 10.7 Å². The molecule has 2 heterocycles. The Morgan fingerprint density at radius 2 is 2.04 bits per heavy atom. The highest BCUT2D eigenvalue weighted by molar-refractivity contribution is 7.90. The first-order valence-corrected chi connectivity index (χ1v) is 9.70. The van der Waals surface area contributed by atoms with E-state index < -0.39 is 9.84 Å². The number of thiazole rings is 1. The van der Waals surface area contributed by atoms with Crippen LogP contribution in [-0.2, 0) is 22.1 Å². The maximum absolute atomic E-state index is 12.3. The number of hydrogen-bond donors (Lipinski definition) is 0. The molecule has 6 nitrogen and oxygen atoms in total. The van der Waals surface area contributed by atoms with Gasteiger partial charge in [-0.15, -0.1) is 11.3 Å². The second-order valence-electron chi connectivity index (χ2n) is 5.21. The molecule has 0 atom stereocenters. The summed E-state index contributed by atoms with van der Waals surface area (Å²) in [4.78, 5) is 20.7. The van der Waals surface area contributed by atoms with Crippen LogP contribution in [-0.4, -0.2) is 28.7 Å². The van der Waals surface area contributed by atoms with Crippen LogP contribution in [0.2, 0.25) is 0 Å². The molecular weight excluding hydrogens is 334 g/mol. The molecule has 8 heteroatoms. The Morgan fingerprint density at radius 1 is 1.26 bits per heavy atom. The van der Waals surface area contributed by atoms with Crippen LogP contribution >= 0.6 is 11.3 Å². The molecule has 0 bridgehead atoms. The minimum Gasteiger partial charge on any atom is -0.298 e. The molecule has 23 heavy (non-hydrogen) atoms. The van der Waals surface area contributed by atoms with E-state index in [1.807, 2.05) is 6.92 Å². The van der Waals surface area contributed by atoms with E-state index in [2.05, 4.69) is 9.97 Å². The van der Waals surface area contributed by atoms with Crippen molar-refractivity contribution in [2.75, 3.05) is 5.75 Å². The third kappa shape index (κ3) is 3.65. The molecule has 0 aliphatic carbocycles. The van der Waals surface area contributed by atoms with E-state index in [1.165, 1.54) is 22.2 Å². The zero-order chi connectivity index (χ0) is 16.4. The molecule has 2 aromatic heterocycles. The second kappa shape index (κ2) is 6.21. The summed E-state index contributed by atoms with van der Waals surface area (Å²) < 4.78 is 25.7. The summed E-state index contributed by atoms with van der Waals surface area (Å²) in [6.45, 7) is 1.92. The third-order valence-corrected chi connectivity index (χ3v) is 5.77. The SMILES string of the molecule is Cc1nc(CS(=O)(=O)CCn2cnc3ccccc3c2=O)cs1. The van der Waals surface area contributed by atoms with E-state index in [0.717, 1.165) is 5.01 Å². The first-order valence-electron chi connectivity index (χ1n) is 7.00. The van der Waals surface area contributed by atoms with Crippen molar-refractivity contribution in [3.63, 3.8) is 0 Å². The number of benzene rings is 1. The molecular formula is C15H15N3O3S2. The number of aryl methyl sites for hydroxylation is 2. The lowest BCUT2D eigenvalue weighted by molar-refractivity contribution is 0.585. The maximum Gasteiger partial charge on any atom is 0.261 e. The lowest BCUT2D eigenvalue weighted by atomic mass is 10.2. The van der Waals surface area contributed by atoms with E-state index in [9.17, 15) is 13.2 Å². The summed E-state index contributed by atoms with van der Waals surface area (Å²) in [6.07, 6.45) is 1.40. The molecule has 3 aromatic rings. The van der Waals surface area contributed by atoms with Crippen LogP contribution in [0.3, 0.4) is 0 Å². The second-order valence-corrected chi connectivity index (χ2v) is 8.46. The average molecular weight is 349 g/mol. The molecule has 3 rings (SSSR count). The highest BCUT2D eigenvalue weighted by Crippen LogP contribution is 2.12. The van der Waals surface area contributed by atoms with Gasteiger partial charge in [0, 0.05) is 11.9 Å². The summed E-state index contributed by atoms with van der Waals surface area (Å²) in [5.74, 6) is -0.226. The highest BCUT2D eigenvalue weighted by atomic mass is 32.2. The Kier molecular flexibility index (Phi) is 4.27. The molecule has 0 unspecified atom stereocenters. The Morgan fingerprint density at radius 3 is 2.78 bits per heavy atom. The quantitative estimate of drug-likeness (QED) is 0.701. The van der Waals surface area contributed by atoms with Gasteiger partial charge in [0.05, 0.1) is 39.4 Å². The Bertz CT molecular complexity index is 1010. The predicted molar refractivity (Wildman–Crippen MR) is 90.3 cm³/mol. The molecule has 1 aromatic carbocycles. The van der Waals surface area contributed by atoms with Crippen molar-refractivity contribution in [1.82, 2.24) is 14.5 Å². The molecule has 0 amide bonds. The standard InChI is InChI=1S/C15H15N3O3S2/c1-11-17-12(8-22-11)9-23(20,21)7-6-18-10-16-14-5-3-2-4-13(14)15(18)19/h2-5,8,10H,6-7,9H2,1H3. The summed E-state index contributed by atoms with van der Waals surface area (Å²) in [7, 11) is -3.33. The van der Waals surface area contributed by atoms with Crippen molar-refractivity contribution in [3.05, 3.63) is 57.0 Å². The zero-order valence-corrected chi connectivity index (χ0v) is 14.1. The van der Waals surface area contributed by atoms with Crippen LogP contribution in [0.5, 0.6) is 0 Å². The molecule has 0 N–H and O–H groups in total. The van der Waals surface area contributed by atoms with Gasteiger partial charge in [0.2, 0.25) is 0 Å². The number of sulfone groups is 1. The number of nitrogens with zero attached hydrogens (tertiary/aromatic N) is 3. The molecule has 0 aliphatic heterocycles. The monoisotopic (exact) mass is 349 g/mol. The van der Waals surface area contributed by atoms with Gasteiger partial charge in [-0.1, -0.05) is 12.1 Å². The van der Waals surface area contributed by atoms with Crippen molar-refractivity contribution >= 4 is 32.1 Å². The number of rotatable bonds is 5. The van der Waals surface area contributed by atoms with Gasteiger partial charge in [0.15, 0.2) is 9.84 Å². The normalized spacial score (nSPS) is 11.9. The first kappa shape index (κ1) is 15.8. The molecule has 0 radical (unpaired) electrons. The van der Waals surface area contributed by atoms with Gasteiger partial charge in [-0.2, -0.15) is 0 Å². The van der Waals surface area contributed by atoms with E-state index in [-0.39, 0.29) is 23.6 Å². The van der Waals surface area contributed by atoms with Crippen LogP contribution < -0.4 is 5.56 Å². The fourth-order valence-electron chi connectivity index (χ4n) is 2.27. The number of hydrogen-bond acceptors (Lipinski definition) is 6. The molecule has 120 valence electrons. The van der Waals surface area contributed by atoms with Gasteiger partial charge in [-0.3, -0.25) is 9.36 Å². The Hall–Kier alpha value is -2.06. The zero-order valence-electron chi connectivity index (χ0n) is 12.5. The van der Waals surface area contributed by atoms with Crippen molar-refractivity contribution in [3.8, 4) is 0 Å². The van der Waals surface area contributed by atoms with Gasteiger partial charge < -0.3 is 0 Å². The van der Waals surface area contributed by atoms with E-state index in [1.54, 1.807) is 29.6 Å². The van der Waals surface area contributed by atoms with E-state index in [4.69, 9.17) is 0 Å². The number of fused-ring (bicyclic) bond motifs is 1. The van der Waals surface area contributed by atoms with Crippen LogP contribution in [0.25, 0.3) is 10.9 Å². The van der Waals surface area contributed by atoms with E-state index >= 15 is 0 Å². The van der Waals surface area contributed by atoms with Crippen LogP contribution in [0, 0.1) is 6.92 Å². The molecule has 0 saturated carbocycles. The molecule has 0 spiro atoms. The van der Waals surface area contributed by atoms with Crippen molar-refractivity contribution < 1.29 is 8.42 Å². The number of para-hydroxylation sites is 1. The highest BCUT2D eigenvalue weighted by Gasteiger charge is 2.15. The van der Waals surface area contributed by atoms with E-state index in [0.29, 0.717) is 16.6 Å². The minimum absolute atomic E-state index is 0.0854. The predicted octanol–water partition coefficient (Wildman–Crippen LogP) is 1.78. The molecule has 0 aliphatic rings. The minimum atomic E-state index is -3.33. The van der Waals surface area contributed by atoms with Gasteiger partial charge in [-0.05, 0) is 19.1 Å². The van der Waals surface area contributed by atoms with Gasteiger partial charge in [0.1, 0.15) is 0 Å². The van der Waals surface area contributed by atoms with Crippen molar-refractivity contribution in [1.29, 1.82) is 0 Å². The average Bonchev–Trinajstić information content (AvgIpc) is 2.91. The Labute approximate surface area is 137 Å². The number of aromatic nitrogens is 3. The van der Waals surface area contributed by atoms with Crippen molar-refractivity contribution in [2.45, 2.75) is 19.2 Å². The summed E-state index contributed by atoms with van der Waals surface area (Å²) in [6, 6.07) is 7.01. The smallest absolute Gasteiger partial charge is 0.261 e. The summed E-state index contributed by atoms with van der Waals surface area (Å²) in [5.41, 5.74) is 0.932. The lowest BCUT2D eigenvalue weighted by Gasteiger charge is -2.07. The van der Waals surface area contributed by atoms with Gasteiger partial charge >= 0.3 is 0 Å². The van der Waals surface area contributed by atoms with Crippen molar-refractivity contribution in [2.24, 2.45) is 0 Å².